The zero-order valence-electron chi connectivity index (χ0n) is 12.1. The van der Waals surface area contributed by atoms with Gasteiger partial charge < -0.3 is 18.9 Å². The van der Waals surface area contributed by atoms with E-state index in [1.807, 2.05) is 6.92 Å². The predicted octanol–water partition coefficient (Wildman–Crippen LogP) is 2.35. The quantitative estimate of drug-likeness (QED) is 0.775. The molecule has 0 saturated carbocycles. The lowest BCUT2D eigenvalue weighted by Gasteiger charge is -2.13. The molecule has 1 aliphatic heterocycles. The fraction of sp³-hybridized carbons (Fsp3) is 0.533. The number of hydrogen-bond acceptors (Lipinski definition) is 5. The van der Waals surface area contributed by atoms with Crippen molar-refractivity contribution in [2.24, 2.45) is 0 Å². The second kappa shape index (κ2) is 6.61. The summed E-state index contributed by atoms with van der Waals surface area (Å²) in [5, 5.41) is 0. The molecule has 5 heteroatoms. The van der Waals surface area contributed by atoms with Gasteiger partial charge in [-0.1, -0.05) is 0 Å². The van der Waals surface area contributed by atoms with Crippen molar-refractivity contribution in [3.63, 3.8) is 0 Å². The maximum Gasteiger partial charge on any atom is 0.338 e. The molecule has 2 rings (SSSR count). The van der Waals surface area contributed by atoms with Gasteiger partial charge in [-0.25, -0.2) is 4.79 Å². The van der Waals surface area contributed by atoms with E-state index in [0.717, 1.165) is 25.0 Å². The Hall–Kier alpha value is -1.75. The lowest BCUT2D eigenvalue weighted by Crippen LogP contribution is -2.18. The third kappa shape index (κ3) is 3.22. The second-order valence-electron chi connectivity index (χ2n) is 4.74. The van der Waals surface area contributed by atoms with Gasteiger partial charge in [0.1, 0.15) is 18.1 Å². The number of hydrogen-bond donors (Lipinski definition) is 0. The summed E-state index contributed by atoms with van der Waals surface area (Å²) in [6, 6.07) is 3.32. The summed E-state index contributed by atoms with van der Waals surface area (Å²) in [4.78, 5) is 12.1. The van der Waals surface area contributed by atoms with Crippen molar-refractivity contribution in [3.8, 4) is 11.5 Å². The highest BCUT2D eigenvalue weighted by atomic mass is 16.6. The third-order valence-electron chi connectivity index (χ3n) is 3.41. The summed E-state index contributed by atoms with van der Waals surface area (Å²) in [7, 11) is 3.12. The SMILES string of the molecule is COc1cc(C(=O)OCC2CCCO2)cc(OC)c1C. The first-order chi connectivity index (χ1) is 9.65. The van der Waals surface area contributed by atoms with Crippen LogP contribution in [0.2, 0.25) is 0 Å². The van der Waals surface area contributed by atoms with Crippen LogP contribution in [0.4, 0.5) is 0 Å². The summed E-state index contributed by atoms with van der Waals surface area (Å²) < 4.78 is 21.2. The molecule has 0 aromatic heterocycles. The van der Waals surface area contributed by atoms with E-state index in [4.69, 9.17) is 18.9 Å². The minimum Gasteiger partial charge on any atom is -0.496 e. The van der Waals surface area contributed by atoms with Crippen molar-refractivity contribution in [2.75, 3.05) is 27.4 Å². The maximum absolute atomic E-state index is 12.1. The molecule has 1 unspecified atom stereocenters. The highest BCUT2D eigenvalue weighted by Gasteiger charge is 2.19. The Morgan fingerprint density at radius 2 is 1.95 bits per heavy atom. The summed E-state index contributed by atoms with van der Waals surface area (Å²) in [5.74, 6) is 0.818. The van der Waals surface area contributed by atoms with Gasteiger partial charge in [0.15, 0.2) is 0 Å². The van der Waals surface area contributed by atoms with Crippen molar-refractivity contribution in [2.45, 2.75) is 25.9 Å². The molecular formula is C15H20O5. The van der Waals surface area contributed by atoms with Crippen LogP contribution < -0.4 is 9.47 Å². The van der Waals surface area contributed by atoms with Gasteiger partial charge in [0.25, 0.3) is 0 Å². The van der Waals surface area contributed by atoms with Crippen LogP contribution in [0, 0.1) is 6.92 Å². The number of benzene rings is 1. The molecule has 1 aliphatic rings. The summed E-state index contributed by atoms with van der Waals surface area (Å²) in [5.41, 5.74) is 1.27. The number of ether oxygens (including phenoxy) is 4. The highest BCUT2D eigenvalue weighted by Crippen LogP contribution is 2.29. The van der Waals surface area contributed by atoms with Gasteiger partial charge in [0.2, 0.25) is 0 Å². The van der Waals surface area contributed by atoms with Gasteiger partial charge in [-0.3, -0.25) is 0 Å². The molecular weight excluding hydrogens is 260 g/mol. The molecule has 110 valence electrons. The number of carbonyl (C=O) groups excluding carboxylic acids is 1. The minimum absolute atomic E-state index is 0.0215. The average Bonchev–Trinajstić information content (AvgIpc) is 2.98. The lowest BCUT2D eigenvalue weighted by atomic mass is 10.1. The van der Waals surface area contributed by atoms with Gasteiger partial charge >= 0.3 is 5.97 Å². The van der Waals surface area contributed by atoms with E-state index in [-0.39, 0.29) is 12.7 Å². The third-order valence-corrected chi connectivity index (χ3v) is 3.41. The van der Waals surface area contributed by atoms with Gasteiger partial charge in [-0.05, 0) is 31.9 Å². The van der Waals surface area contributed by atoms with Crippen molar-refractivity contribution in [1.82, 2.24) is 0 Å². The van der Waals surface area contributed by atoms with Crippen molar-refractivity contribution >= 4 is 5.97 Å². The number of esters is 1. The molecule has 0 aliphatic carbocycles. The Morgan fingerprint density at radius 3 is 2.45 bits per heavy atom. The van der Waals surface area contributed by atoms with Crippen molar-refractivity contribution in [3.05, 3.63) is 23.3 Å². The zero-order chi connectivity index (χ0) is 14.5. The monoisotopic (exact) mass is 280 g/mol. The van der Waals surface area contributed by atoms with Crippen LogP contribution in [0.25, 0.3) is 0 Å². The standard InChI is InChI=1S/C15H20O5/c1-10-13(17-2)7-11(8-14(10)18-3)15(16)20-9-12-5-4-6-19-12/h7-8,12H,4-6,9H2,1-3H3. The van der Waals surface area contributed by atoms with E-state index in [1.54, 1.807) is 26.4 Å². The van der Waals surface area contributed by atoms with Crippen LogP contribution in [-0.2, 0) is 9.47 Å². The summed E-state index contributed by atoms with van der Waals surface area (Å²) in [6.45, 7) is 2.91. The van der Waals surface area contributed by atoms with Crippen LogP contribution >= 0.6 is 0 Å². The van der Waals surface area contributed by atoms with Crippen LogP contribution in [-0.4, -0.2) is 39.5 Å². The largest absolute Gasteiger partial charge is 0.496 e. The Labute approximate surface area is 118 Å². The number of methoxy groups -OCH3 is 2. The average molecular weight is 280 g/mol. The van der Waals surface area contributed by atoms with Crippen molar-refractivity contribution < 1.29 is 23.7 Å². The lowest BCUT2D eigenvalue weighted by molar-refractivity contribution is 0.0161. The zero-order valence-corrected chi connectivity index (χ0v) is 12.1. The molecule has 20 heavy (non-hydrogen) atoms. The van der Waals surface area contributed by atoms with Gasteiger partial charge in [-0.2, -0.15) is 0 Å². The molecule has 0 spiro atoms. The fourth-order valence-electron chi connectivity index (χ4n) is 2.23. The molecule has 1 heterocycles. The molecule has 1 fully saturated rings. The second-order valence-corrected chi connectivity index (χ2v) is 4.74. The van der Waals surface area contributed by atoms with E-state index < -0.39 is 5.97 Å². The van der Waals surface area contributed by atoms with Crippen LogP contribution in [0.15, 0.2) is 12.1 Å². The Balaban J connectivity index is 2.08. The van der Waals surface area contributed by atoms with E-state index in [2.05, 4.69) is 0 Å². The van der Waals surface area contributed by atoms with Crippen LogP contribution in [0.5, 0.6) is 11.5 Å². The Kier molecular flexibility index (Phi) is 4.84. The topological polar surface area (TPSA) is 54.0 Å². The number of rotatable bonds is 5. The minimum atomic E-state index is -0.392. The first-order valence-electron chi connectivity index (χ1n) is 6.67. The van der Waals surface area contributed by atoms with E-state index in [1.165, 1.54) is 0 Å². The molecule has 1 atom stereocenters. The molecule has 1 aromatic rings. The molecule has 1 saturated heterocycles. The molecule has 0 bridgehead atoms. The van der Waals surface area contributed by atoms with E-state index >= 15 is 0 Å². The molecule has 1 aromatic carbocycles. The normalized spacial score (nSPS) is 17.9. The first-order valence-corrected chi connectivity index (χ1v) is 6.67. The summed E-state index contributed by atoms with van der Waals surface area (Å²) >= 11 is 0. The molecule has 0 radical (unpaired) electrons. The molecule has 0 N–H and O–H groups in total. The Morgan fingerprint density at radius 1 is 1.30 bits per heavy atom. The molecule has 0 amide bonds. The van der Waals surface area contributed by atoms with Gasteiger partial charge in [-0.15, -0.1) is 0 Å². The van der Waals surface area contributed by atoms with E-state index in [9.17, 15) is 4.79 Å². The summed E-state index contributed by atoms with van der Waals surface area (Å²) in [6.07, 6.45) is 1.98. The smallest absolute Gasteiger partial charge is 0.338 e. The number of carbonyl (C=O) groups is 1. The molecule has 5 nitrogen and oxygen atoms in total. The fourth-order valence-corrected chi connectivity index (χ4v) is 2.23. The van der Waals surface area contributed by atoms with E-state index in [0.29, 0.717) is 17.1 Å². The van der Waals surface area contributed by atoms with Crippen LogP contribution in [0.3, 0.4) is 0 Å². The first kappa shape index (κ1) is 14.7. The van der Waals surface area contributed by atoms with Crippen molar-refractivity contribution in [1.29, 1.82) is 0 Å². The van der Waals surface area contributed by atoms with Crippen LogP contribution in [0.1, 0.15) is 28.8 Å². The highest BCUT2D eigenvalue weighted by molar-refractivity contribution is 5.90. The predicted molar refractivity (Wildman–Crippen MR) is 73.5 cm³/mol. The van der Waals surface area contributed by atoms with Gasteiger partial charge in [0, 0.05) is 12.2 Å². The van der Waals surface area contributed by atoms with Gasteiger partial charge in [0.05, 0.1) is 25.9 Å². The Bertz CT molecular complexity index is 452. The maximum atomic E-state index is 12.1.